The second kappa shape index (κ2) is 7.83. The first-order valence-corrected chi connectivity index (χ1v) is 10.8. The predicted molar refractivity (Wildman–Crippen MR) is 124 cm³/mol. The van der Waals surface area contributed by atoms with E-state index in [9.17, 15) is 0 Å². The lowest BCUT2D eigenvalue weighted by molar-refractivity contribution is 1.35. The molecule has 0 atom stereocenters. The van der Waals surface area contributed by atoms with E-state index in [1.54, 1.807) is 0 Å². The van der Waals surface area contributed by atoms with Crippen LogP contribution in [-0.2, 0) is 0 Å². The SMILES string of the molecule is C=Cc1ccc(P(c2c(C)cc(C)cc2C)c2c(C)cc(C)cc2C)cc1. The molecule has 0 nitrogen and oxygen atoms in total. The van der Waals surface area contributed by atoms with Crippen molar-refractivity contribution in [2.24, 2.45) is 0 Å². The molecule has 0 fully saturated rings. The van der Waals surface area contributed by atoms with E-state index < -0.39 is 7.92 Å². The highest BCUT2D eigenvalue weighted by Crippen LogP contribution is 2.38. The van der Waals surface area contributed by atoms with Crippen molar-refractivity contribution in [1.29, 1.82) is 0 Å². The minimum Gasteiger partial charge on any atom is -0.0985 e. The molecule has 1 heteroatoms. The smallest absolute Gasteiger partial charge is 0.00923 e. The molecule has 0 spiro atoms. The van der Waals surface area contributed by atoms with Gasteiger partial charge in [0.05, 0.1) is 0 Å². The van der Waals surface area contributed by atoms with Gasteiger partial charge in [0.15, 0.2) is 0 Å². The summed E-state index contributed by atoms with van der Waals surface area (Å²) in [4.78, 5) is 0. The van der Waals surface area contributed by atoms with Crippen molar-refractivity contribution in [2.75, 3.05) is 0 Å². The number of hydrogen-bond donors (Lipinski definition) is 0. The van der Waals surface area contributed by atoms with Crippen molar-refractivity contribution in [1.82, 2.24) is 0 Å². The minimum absolute atomic E-state index is 0.606. The van der Waals surface area contributed by atoms with Crippen LogP contribution in [0, 0.1) is 41.5 Å². The van der Waals surface area contributed by atoms with Crippen LogP contribution in [0.2, 0.25) is 0 Å². The van der Waals surface area contributed by atoms with Gasteiger partial charge >= 0.3 is 0 Å². The highest BCUT2D eigenvalue weighted by atomic mass is 31.1. The predicted octanol–water partition coefficient (Wildman–Crippen LogP) is 5.94. The van der Waals surface area contributed by atoms with E-state index in [1.165, 1.54) is 54.9 Å². The summed E-state index contributed by atoms with van der Waals surface area (Å²) >= 11 is 0. The summed E-state index contributed by atoms with van der Waals surface area (Å²) in [5.74, 6) is 0. The Hall–Kier alpha value is -2.17. The van der Waals surface area contributed by atoms with Crippen molar-refractivity contribution in [2.45, 2.75) is 41.5 Å². The molecule has 3 rings (SSSR count). The topological polar surface area (TPSA) is 0 Å². The molecular weight excluding hydrogens is 343 g/mol. The second-order valence-corrected chi connectivity index (χ2v) is 9.71. The van der Waals surface area contributed by atoms with Crippen LogP contribution in [-0.4, -0.2) is 0 Å². The van der Waals surface area contributed by atoms with Gasteiger partial charge < -0.3 is 0 Å². The Kier molecular flexibility index (Phi) is 5.68. The van der Waals surface area contributed by atoms with Gasteiger partial charge in [-0.25, -0.2) is 0 Å². The summed E-state index contributed by atoms with van der Waals surface area (Å²) in [5.41, 5.74) is 9.42. The molecule has 3 aromatic carbocycles. The number of aryl methyl sites for hydroxylation is 6. The van der Waals surface area contributed by atoms with Gasteiger partial charge in [0.1, 0.15) is 0 Å². The fourth-order valence-corrected chi connectivity index (χ4v) is 7.04. The third-order valence-corrected chi connectivity index (χ3v) is 8.22. The Morgan fingerprint density at radius 1 is 0.630 bits per heavy atom. The maximum absolute atomic E-state index is 3.90. The zero-order valence-corrected chi connectivity index (χ0v) is 18.2. The average Bonchev–Trinajstić information content (AvgIpc) is 2.59. The molecule has 0 amide bonds. The van der Waals surface area contributed by atoms with E-state index in [1.807, 2.05) is 6.08 Å². The summed E-state index contributed by atoms with van der Waals surface area (Å²) in [6, 6.07) is 18.3. The monoisotopic (exact) mass is 372 g/mol. The van der Waals surface area contributed by atoms with E-state index >= 15 is 0 Å². The van der Waals surface area contributed by atoms with E-state index in [0.717, 1.165) is 0 Å². The maximum atomic E-state index is 3.90. The van der Waals surface area contributed by atoms with Gasteiger partial charge in [0.25, 0.3) is 0 Å². The molecule has 0 bridgehead atoms. The number of hydrogen-bond acceptors (Lipinski definition) is 0. The average molecular weight is 372 g/mol. The minimum atomic E-state index is -0.606. The Labute approximate surface area is 165 Å². The summed E-state index contributed by atoms with van der Waals surface area (Å²) < 4.78 is 0. The van der Waals surface area contributed by atoms with Gasteiger partial charge in [-0.15, -0.1) is 0 Å². The number of benzene rings is 3. The summed E-state index contributed by atoms with van der Waals surface area (Å²) in [6.07, 6.45) is 1.91. The van der Waals surface area contributed by atoms with Gasteiger partial charge in [0, 0.05) is 0 Å². The first-order valence-electron chi connectivity index (χ1n) is 9.50. The Morgan fingerprint density at radius 3 is 1.33 bits per heavy atom. The molecular formula is C26H29P. The summed E-state index contributed by atoms with van der Waals surface area (Å²) in [6.45, 7) is 17.3. The molecule has 0 unspecified atom stereocenters. The first kappa shape index (κ1) is 19.6. The molecule has 0 saturated carbocycles. The quantitative estimate of drug-likeness (QED) is 0.497. The van der Waals surface area contributed by atoms with Crippen LogP contribution in [0.25, 0.3) is 6.08 Å². The zero-order chi connectivity index (χ0) is 19.7. The van der Waals surface area contributed by atoms with Gasteiger partial charge in [-0.05, 0) is 93.2 Å². The molecule has 0 aliphatic rings. The third kappa shape index (κ3) is 3.92. The molecule has 138 valence electrons. The van der Waals surface area contributed by atoms with Crippen LogP contribution in [0.15, 0.2) is 55.1 Å². The molecule has 0 aromatic heterocycles. The lowest BCUT2D eigenvalue weighted by Gasteiger charge is -2.27. The van der Waals surface area contributed by atoms with Gasteiger partial charge in [-0.2, -0.15) is 0 Å². The van der Waals surface area contributed by atoms with Gasteiger partial charge in [-0.3, -0.25) is 0 Å². The fraction of sp³-hybridized carbons (Fsp3) is 0.231. The van der Waals surface area contributed by atoms with Crippen molar-refractivity contribution in [3.8, 4) is 0 Å². The van der Waals surface area contributed by atoms with Crippen LogP contribution in [0.3, 0.4) is 0 Å². The van der Waals surface area contributed by atoms with Crippen LogP contribution in [0.5, 0.6) is 0 Å². The third-order valence-electron chi connectivity index (χ3n) is 5.10. The molecule has 0 saturated heterocycles. The van der Waals surface area contributed by atoms with Gasteiger partial charge in [-0.1, -0.05) is 72.3 Å². The normalized spacial score (nSPS) is 11.1. The number of rotatable bonds is 4. The highest BCUT2D eigenvalue weighted by Gasteiger charge is 2.24. The summed E-state index contributed by atoms with van der Waals surface area (Å²) in [7, 11) is -0.606. The molecule has 3 aromatic rings. The van der Waals surface area contributed by atoms with E-state index in [-0.39, 0.29) is 0 Å². The van der Waals surface area contributed by atoms with Crippen molar-refractivity contribution >= 4 is 29.9 Å². The lowest BCUT2D eigenvalue weighted by atomic mass is 10.1. The van der Waals surface area contributed by atoms with Crippen LogP contribution < -0.4 is 15.9 Å². The largest absolute Gasteiger partial charge is 0.0985 e. The molecule has 27 heavy (non-hydrogen) atoms. The lowest BCUT2D eigenvalue weighted by Crippen LogP contribution is -2.27. The van der Waals surface area contributed by atoms with Crippen LogP contribution in [0.1, 0.15) is 38.9 Å². The zero-order valence-electron chi connectivity index (χ0n) is 17.4. The summed E-state index contributed by atoms with van der Waals surface area (Å²) in [5, 5.41) is 4.40. The van der Waals surface area contributed by atoms with E-state index in [0.29, 0.717) is 0 Å². The molecule has 0 heterocycles. The van der Waals surface area contributed by atoms with Crippen molar-refractivity contribution in [3.05, 3.63) is 94.1 Å². The highest BCUT2D eigenvalue weighted by molar-refractivity contribution is 7.80. The second-order valence-electron chi connectivity index (χ2n) is 7.63. The van der Waals surface area contributed by atoms with Crippen LogP contribution >= 0.6 is 7.92 Å². The Balaban J connectivity index is 2.33. The molecule has 0 aliphatic carbocycles. The fourth-order valence-electron chi connectivity index (χ4n) is 4.18. The maximum Gasteiger partial charge on any atom is -0.00923 e. The van der Waals surface area contributed by atoms with E-state index in [2.05, 4.69) is 96.7 Å². The van der Waals surface area contributed by atoms with Crippen LogP contribution in [0.4, 0.5) is 0 Å². The van der Waals surface area contributed by atoms with E-state index in [4.69, 9.17) is 0 Å². The Bertz CT molecular complexity index is 890. The molecule has 0 radical (unpaired) electrons. The molecule has 0 aliphatic heterocycles. The molecule has 0 N–H and O–H groups in total. The Morgan fingerprint density at radius 2 is 1.00 bits per heavy atom. The first-order chi connectivity index (χ1) is 12.8. The van der Waals surface area contributed by atoms with Crippen molar-refractivity contribution < 1.29 is 0 Å². The standard InChI is InChI=1S/C26H29P/c1-8-23-9-11-24(12-10-23)27(25-19(4)13-17(2)14-20(25)5)26-21(6)15-18(3)16-22(26)7/h8-16H,1H2,2-7H3. The van der Waals surface area contributed by atoms with Gasteiger partial charge in [0.2, 0.25) is 0 Å². The van der Waals surface area contributed by atoms with Crippen molar-refractivity contribution in [3.63, 3.8) is 0 Å².